The quantitative estimate of drug-likeness (QED) is 0.460. The molecule has 4 aromatic rings. The van der Waals surface area contributed by atoms with E-state index in [0.717, 1.165) is 9.54 Å². The van der Waals surface area contributed by atoms with Gasteiger partial charge in [0, 0.05) is 17.1 Å². The van der Waals surface area contributed by atoms with E-state index in [1.807, 2.05) is 6.92 Å². The Morgan fingerprint density at radius 2 is 1.80 bits per heavy atom. The molecule has 0 spiro atoms. The molecule has 0 aliphatic carbocycles. The van der Waals surface area contributed by atoms with Crippen LogP contribution < -0.4 is 0 Å². The first-order valence-electron chi connectivity index (χ1n) is 9.00. The number of esters is 1. The number of nitrogens with zero attached hydrogens (tertiary/aromatic N) is 2. The number of methoxy groups -OCH3 is 1. The lowest BCUT2D eigenvalue weighted by atomic mass is 10.1. The molecule has 4 rings (SSSR count). The fourth-order valence-corrected chi connectivity index (χ4v) is 4.74. The number of halogens is 1. The van der Waals surface area contributed by atoms with Gasteiger partial charge in [-0.1, -0.05) is 29.8 Å². The van der Waals surface area contributed by atoms with Crippen LogP contribution in [-0.4, -0.2) is 30.5 Å². The zero-order chi connectivity index (χ0) is 21.5. The van der Waals surface area contributed by atoms with E-state index >= 15 is 0 Å². The van der Waals surface area contributed by atoms with Gasteiger partial charge in [-0.05, 0) is 43.3 Å². The molecule has 0 radical (unpaired) electrons. The summed E-state index contributed by atoms with van der Waals surface area (Å²) in [6.07, 6.45) is 1.45. The van der Waals surface area contributed by atoms with E-state index in [9.17, 15) is 17.6 Å². The standard InChI is InChI=1S/C22H17FN2O4S/c1-14-5-9-17(10-6-14)30(27,28)25-19-13-16(21-18(23)4-3-11-24-21)8-7-15(19)12-20(25)22(26)29-2/h3-13H,1-2H3. The molecule has 0 N–H and O–H groups in total. The molecule has 0 aliphatic heterocycles. The van der Waals surface area contributed by atoms with E-state index in [2.05, 4.69) is 4.98 Å². The molecule has 0 amide bonds. The number of aryl methyl sites for hydroxylation is 1. The van der Waals surface area contributed by atoms with Crippen LogP contribution >= 0.6 is 0 Å². The largest absolute Gasteiger partial charge is 0.464 e. The van der Waals surface area contributed by atoms with Gasteiger partial charge in [0.05, 0.1) is 17.5 Å². The predicted octanol–water partition coefficient (Wildman–Crippen LogP) is 4.17. The third kappa shape index (κ3) is 3.25. The Balaban J connectivity index is 2.02. The highest BCUT2D eigenvalue weighted by Crippen LogP contribution is 2.30. The topological polar surface area (TPSA) is 78.3 Å². The molecule has 0 saturated carbocycles. The lowest BCUT2D eigenvalue weighted by Crippen LogP contribution is -2.19. The van der Waals surface area contributed by atoms with E-state index < -0.39 is 21.8 Å². The highest BCUT2D eigenvalue weighted by Gasteiger charge is 2.27. The van der Waals surface area contributed by atoms with Crippen LogP contribution in [0.25, 0.3) is 22.2 Å². The number of fused-ring (bicyclic) bond motifs is 1. The second-order valence-corrected chi connectivity index (χ2v) is 8.50. The number of benzene rings is 2. The van der Waals surface area contributed by atoms with Crippen LogP contribution in [0.1, 0.15) is 16.1 Å². The second kappa shape index (κ2) is 7.38. The molecule has 8 heteroatoms. The maximum Gasteiger partial charge on any atom is 0.355 e. The van der Waals surface area contributed by atoms with Gasteiger partial charge >= 0.3 is 5.97 Å². The number of pyridine rings is 1. The van der Waals surface area contributed by atoms with Crippen molar-refractivity contribution in [2.45, 2.75) is 11.8 Å². The van der Waals surface area contributed by atoms with Crippen molar-refractivity contribution in [3.63, 3.8) is 0 Å². The Morgan fingerprint density at radius 3 is 2.47 bits per heavy atom. The number of rotatable bonds is 4. The van der Waals surface area contributed by atoms with Gasteiger partial charge in [0.15, 0.2) is 0 Å². The first kappa shape index (κ1) is 19.8. The van der Waals surface area contributed by atoms with Crippen molar-refractivity contribution in [3.05, 3.63) is 83.9 Å². The smallest absolute Gasteiger partial charge is 0.355 e. The molecule has 0 saturated heterocycles. The zero-order valence-electron chi connectivity index (χ0n) is 16.2. The predicted molar refractivity (Wildman–Crippen MR) is 110 cm³/mol. The third-order valence-electron chi connectivity index (χ3n) is 4.75. The third-order valence-corrected chi connectivity index (χ3v) is 6.49. The average molecular weight is 424 g/mol. The van der Waals surface area contributed by atoms with Crippen LogP contribution in [0.5, 0.6) is 0 Å². The van der Waals surface area contributed by atoms with Crippen LogP contribution in [0.2, 0.25) is 0 Å². The molecule has 0 fully saturated rings. The molecule has 6 nitrogen and oxygen atoms in total. The van der Waals surface area contributed by atoms with Crippen LogP contribution in [0.15, 0.2) is 71.8 Å². The van der Waals surface area contributed by atoms with Crippen LogP contribution in [-0.2, 0) is 14.8 Å². The SMILES string of the molecule is COC(=O)c1cc2ccc(-c3ncccc3F)cc2n1S(=O)(=O)c1ccc(C)cc1. The Kier molecular flexibility index (Phi) is 4.87. The van der Waals surface area contributed by atoms with Crippen molar-refractivity contribution in [3.8, 4) is 11.3 Å². The summed E-state index contributed by atoms with van der Waals surface area (Å²) in [6, 6.07) is 15.2. The molecule has 0 atom stereocenters. The minimum absolute atomic E-state index is 0.0187. The minimum atomic E-state index is -4.13. The highest BCUT2D eigenvalue weighted by atomic mass is 32.2. The molecule has 2 aromatic heterocycles. The van der Waals surface area contributed by atoms with Crippen LogP contribution in [0, 0.1) is 12.7 Å². The Bertz CT molecular complexity index is 1380. The van der Waals surface area contributed by atoms with E-state index in [1.165, 1.54) is 49.7 Å². The first-order valence-corrected chi connectivity index (χ1v) is 10.4. The fourth-order valence-electron chi connectivity index (χ4n) is 3.24. The maximum atomic E-state index is 14.2. The van der Waals surface area contributed by atoms with Gasteiger partial charge in [-0.3, -0.25) is 4.98 Å². The van der Waals surface area contributed by atoms with Gasteiger partial charge in [0.2, 0.25) is 0 Å². The summed E-state index contributed by atoms with van der Waals surface area (Å²) in [6.45, 7) is 1.84. The van der Waals surface area contributed by atoms with E-state index in [-0.39, 0.29) is 21.8 Å². The molecule has 2 heterocycles. The molecule has 152 valence electrons. The molecule has 0 unspecified atom stereocenters. The van der Waals surface area contributed by atoms with Crippen molar-refractivity contribution < 1.29 is 22.3 Å². The van der Waals surface area contributed by atoms with Crippen LogP contribution in [0.4, 0.5) is 4.39 Å². The monoisotopic (exact) mass is 424 g/mol. The normalized spacial score (nSPS) is 11.6. The molecular weight excluding hydrogens is 407 g/mol. The summed E-state index contributed by atoms with van der Waals surface area (Å²) in [5, 5.41) is 0.492. The van der Waals surface area contributed by atoms with Gasteiger partial charge in [0.25, 0.3) is 10.0 Å². The lowest BCUT2D eigenvalue weighted by Gasteiger charge is -2.12. The van der Waals surface area contributed by atoms with E-state index in [0.29, 0.717) is 10.9 Å². The lowest BCUT2D eigenvalue weighted by molar-refractivity contribution is 0.0593. The summed E-state index contributed by atoms with van der Waals surface area (Å²) in [4.78, 5) is 16.4. The van der Waals surface area contributed by atoms with E-state index in [1.54, 1.807) is 24.3 Å². The number of hydrogen-bond donors (Lipinski definition) is 0. The zero-order valence-corrected chi connectivity index (χ0v) is 17.0. The van der Waals surface area contributed by atoms with Gasteiger partial charge in [-0.2, -0.15) is 0 Å². The minimum Gasteiger partial charge on any atom is -0.464 e. The Labute approximate surface area is 172 Å². The second-order valence-electron chi connectivity index (χ2n) is 6.71. The molecule has 30 heavy (non-hydrogen) atoms. The first-order chi connectivity index (χ1) is 14.3. The van der Waals surface area contributed by atoms with Gasteiger partial charge < -0.3 is 4.74 Å². The fraction of sp³-hybridized carbons (Fsp3) is 0.0909. The highest BCUT2D eigenvalue weighted by molar-refractivity contribution is 7.90. The van der Waals surface area contributed by atoms with Crippen molar-refractivity contribution >= 4 is 26.9 Å². The number of hydrogen-bond acceptors (Lipinski definition) is 5. The summed E-state index contributed by atoms with van der Waals surface area (Å²) in [5.74, 6) is -1.34. The van der Waals surface area contributed by atoms with Crippen molar-refractivity contribution in [1.82, 2.24) is 8.96 Å². The molecule has 0 aliphatic rings. The van der Waals surface area contributed by atoms with Gasteiger partial charge in [-0.25, -0.2) is 21.6 Å². The van der Waals surface area contributed by atoms with Crippen molar-refractivity contribution in [1.29, 1.82) is 0 Å². The number of aromatic nitrogens is 2. The molecule has 0 bridgehead atoms. The average Bonchev–Trinajstić information content (AvgIpc) is 3.13. The summed E-state index contributed by atoms with van der Waals surface area (Å²) in [7, 11) is -2.95. The summed E-state index contributed by atoms with van der Waals surface area (Å²) in [5.41, 5.74) is 1.44. The van der Waals surface area contributed by atoms with E-state index in [4.69, 9.17) is 4.74 Å². The number of carbonyl (C=O) groups excluding carboxylic acids is 1. The van der Waals surface area contributed by atoms with Crippen molar-refractivity contribution in [2.24, 2.45) is 0 Å². The Morgan fingerprint density at radius 1 is 1.07 bits per heavy atom. The molecule has 2 aromatic carbocycles. The Hall–Kier alpha value is -3.52. The molecular formula is C22H17FN2O4S. The van der Waals surface area contributed by atoms with Gasteiger partial charge in [0.1, 0.15) is 17.2 Å². The van der Waals surface area contributed by atoms with Crippen LogP contribution in [0.3, 0.4) is 0 Å². The summed E-state index contributed by atoms with van der Waals surface area (Å²) >= 11 is 0. The number of ether oxygens (including phenoxy) is 1. The number of carbonyl (C=O) groups is 1. The summed E-state index contributed by atoms with van der Waals surface area (Å²) < 4.78 is 46.9. The maximum absolute atomic E-state index is 14.2. The van der Waals surface area contributed by atoms with Gasteiger partial charge in [-0.15, -0.1) is 0 Å². The van der Waals surface area contributed by atoms with Crippen molar-refractivity contribution in [2.75, 3.05) is 7.11 Å².